The van der Waals surface area contributed by atoms with Gasteiger partial charge in [-0.05, 0) is 43.2 Å². The quantitative estimate of drug-likeness (QED) is 0.679. The van der Waals surface area contributed by atoms with Crippen molar-refractivity contribution in [2.45, 2.75) is 25.3 Å². The SMILES string of the molecule is CC(Cl)c1nc2ccccc2n1CCc1ccncc1. The number of fused-ring (bicyclic) bond motifs is 1. The Hall–Kier alpha value is -1.87. The molecular formula is C16H16ClN3. The highest BCUT2D eigenvalue weighted by molar-refractivity contribution is 6.20. The van der Waals surface area contributed by atoms with Crippen LogP contribution in [0.4, 0.5) is 0 Å². The van der Waals surface area contributed by atoms with Gasteiger partial charge in [0.05, 0.1) is 16.4 Å². The van der Waals surface area contributed by atoms with Gasteiger partial charge in [0.15, 0.2) is 0 Å². The predicted molar refractivity (Wildman–Crippen MR) is 81.9 cm³/mol. The predicted octanol–water partition coefficient (Wildman–Crippen LogP) is 3.97. The van der Waals surface area contributed by atoms with Crippen LogP contribution in [0.3, 0.4) is 0 Å². The lowest BCUT2D eigenvalue weighted by molar-refractivity contribution is 0.668. The molecule has 0 aliphatic rings. The Bertz CT molecular complexity index is 704. The molecule has 4 heteroatoms. The van der Waals surface area contributed by atoms with E-state index in [1.165, 1.54) is 5.56 Å². The number of para-hydroxylation sites is 2. The summed E-state index contributed by atoms with van der Waals surface area (Å²) in [5.41, 5.74) is 3.42. The highest BCUT2D eigenvalue weighted by atomic mass is 35.5. The van der Waals surface area contributed by atoms with Gasteiger partial charge in [-0.25, -0.2) is 4.98 Å². The van der Waals surface area contributed by atoms with Crippen molar-refractivity contribution in [3.8, 4) is 0 Å². The van der Waals surface area contributed by atoms with Crippen LogP contribution in [0.2, 0.25) is 0 Å². The van der Waals surface area contributed by atoms with Crippen LogP contribution < -0.4 is 0 Å². The maximum atomic E-state index is 6.27. The van der Waals surface area contributed by atoms with E-state index in [1.807, 2.05) is 49.6 Å². The number of imidazole rings is 1. The van der Waals surface area contributed by atoms with E-state index < -0.39 is 0 Å². The zero-order chi connectivity index (χ0) is 13.9. The number of benzene rings is 1. The number of aromatic nitrogens is 3. The fourth-order valence-corrected chi connectivity index (χ4v) is 2.59. The number of nitrogens with zero attached hydrogens (tertiary/aromatic N) is 3. The van der Waals surface area contributed by atoms with Crippen molar-refractivity contribution in [3.05, 3.63) is 60.2 Å². The molecule has 3 nitrogen and oxygen atoms in total. The average Bonchev–Trinajstić information content (AvgIpc) is 2.85. The van der Waals surface area contributed by atoms with E-state index >= 15 is 0 Å². The van der Waals surface area contributed by atoms with Gasteiger partial charge in [-0.2, -0.15) is 0 Å². The Morgan fingerprint density at radius 2 is 1.90 bits per heavy atom. The van der Waals surface area contributed by atoms with Crippen molar-refractivity contribution in [2.24, 2.45) is 0 Å². The summed E-state index contributed by atoms with van der Waals surface area (Å²) in [7, 11) is 0. The maximum Gasteiger partial charge on any atom is 0.127 e. The zero-order valence-electron chi connectivity index (χ0n) is 11.3. The summed E-state index contributed by atoms with van der Waals surface area (Å²) in [5.74, 6) is 0.932. The van der Waals surface area contributed by atoms with E-state index in [0.29, 0.717) is 0 Å². The highest BCUT2D eigenvalue weighted by Crippen LogP contribution is 2.24. The molecule has 0 saturated heterocycles. The first-order chi connectivity index (χ1) is 9.75. The molecule has 0 aliphatic heterocycles. The number of alkyl halides is 1. The van der Waals surface area contributed by atoms with Crippen molar-refractivity contribution in [2.75, 3.05) is 0 Å². The number of hydrogen-bond acceptors (Lipinski definition) is 2. The zero-order valence-corrected chi connectivity index (χ0v) is 12.1. The standard InChI is InChI=1S/C16H16ClN3/c1-12(17)16-19-14-4-2-3-5-15(14)20(16)11-8-13-6-9-18-10-7-13/h2-7,9-10,12H,8,11H2,1H3. The molecule has 0 N–H and O–H groups in total. The highest BCUT2D eigenvalue weighted by Gasteiger charge is 2.14. The van der Waals surface area contributed by atoms with Crippen LogP contribution in [0.1, 0.15) is 23.7 Å². The molecular weight excluding hydrogens is 270 g/mol. The molecule has 1 atom stereocenters. The van der Waals surface area contributed by atoms with Gasteiger partial charge in [0.25, 0.3) is 0 Å². The summed E-state index contributed by atoms with van der Waals surface area (Å²) >= 11 is 6.27. The molecule has 0 bridgehead atoms. The average molecular weight is 286 g/mol. The molecule has 1 aromatic carbocycles. The largest absolute Gasteiger partial charge is 0.326 e. The van der Waals surface area contributed by atoms with Gasteiger partial charge in [0.2, 0.25) is 0 Å². The Balaban J connectivity index is 1.95. The van der Waals surface area contributed by atoms with E-state index in [1.54, 1.807) is 0 Å². The van der Waals surface area contributed by atoms with Crippen molar-refractivity contribution < 1.29 is 0 Å². The van der Waals surface area contributed by atoms with Gasteiger partial charge in [-0.15, -0.1) is 11.6 Å². The third kappa shape index (κ3) is 2.54. The van der Waals surface area contributed by atoms with E-state index in [0.717, 1.165) is 29.8 Å². The summed E-state index contributed by atoms with van der Waals surface area (Å²) in [4.78, 5) is 8.69. The fraction of sp³-hybridized carbons (Fsp3) is 0.250. The molecule has 0 spiro atoms. The van der Waals surface area contributed by atoms with Crippen LogP contribution in [0, 0.1) is 0 Å². The topological polar surface area (TPSA) is 30.7 Å². The van der Waals surface area contributed by atoms with E-state index in [9.17, 15) is 0 Å². The molecule has 0 amide bonds. The molecule has 0 fully saturated rings. The lowest BCUT2D eigenvalue weighted by Crippen LogP contribution is -2.06. The Kier molecular flexibility index (Phi) is 3.70. The number of aryl methyl sites for hydroxylation is 2. The van der Waals surface area contributed by atoms with Crippen LogP contribution in [0.25, 0.3) is 11.0 Å². The van der Waals surface area contributed by atoms with Crippen LogP contribution in [-0.4, -0.2) is 14.5 Å². The monoisotopic (exact) mass is 285 g/mol. The van der Waals surface area contributed by atoms with E-state index in [4.69, 9.17) is 11.6 Å². The second-order valence-corrected chi connectivity index (χ2v) is 5.49. The first-order valence-corrected chi connectivity index (χ1v) is 7.17. The molecule has 2 heterocycles. The first-order valence-electron chi connectivity index (χ1n) is 6.74. The van der Waals surface area contributed by atoms with Gasteiger partial charge >= 0.3 is 0 Å². The van der Waals surface area contributed by atoms with E-state index in [2.05, 4.69) is 20.6 Å². The lowest BCUT2D eigenvalue weighted by Gasteiger charge is -2.10. The molecule has 2 aromatic heterocycles. The van der Waals surface area contributed by atoms with Gasteiger partial charge in [0, 0.05) is 18.9 Å². The second kappa shape index (κ2) is 5.63. The van der Waals surface area contributed by atoms with Crippen LogP contribution >= 0.6 is 11.6 Å². The molecule has 0 radical (unpaired) electrons. The lowest BCUT2D eigenvalue weighted by atomic mass is 10.2. The third-order valence-electron chi connectivity index (χ3n) is 3.41. The number of pyridine rings is 1. The van der Waals surface area contributed by atoms with Crippen molar-refractivity contribution in [3.63, 3.8) is 0 Å². The summed E-state index contributed by atoms with van der Waals surface area (Å²) in [6.45, 7) is 2.84. The van der Waals surface area contributed by atoms with Crippen molar-refractivity contribution in [1.29, 1.82) is 0 Å². The molecule has 102 valence electrons. The normalized spacial score (nSPS) is 12.7. The fourth-order valence-electron chi connectivity index (χ4n) is 2.42. The summed E-state index contributed by atoms with van der Waals surface area (Å²) in [6, 6.07) is 12.3. The summed E-state index contributed by atoms with van der Waals surface area (Å²) in [5, 5.41) is -0.0974. The minimum atomic E-state index is -0.0974. The number of rotatable bonds is 4. The minimum absolute atomic E-state index is 0.0974. The van der Waals surface area contributed by atoms with Gasteiger partial charge in [-0.3, -0.25) is 4.98 Å². The molecule has 0 saturated carbocycles. The third-order valence-corrected chi connectivity index (χ3v) is 3.61. The van der Waals surface area contributed by atoms with Crippen molar-refractivity contribution in [1.82, 2.24) is 14.5 Å². The minimum Gasteiger partial charge on any atom is -0.326 e. The van der Waals surface area contributed by atoms with Gasteiger partial charge < -0.3 is 4.57 Å². The molecule has 1 unspecified atom stereocenters. The molecule has 20 heavy (non-hydrogen) atoms. The van der Waals surface area contributed by atoms with Gasteiger partial charge in [-0.1, -0.05) is 12.1 Å². The van der Waals surface area contributed by atoms with Crippen LogP contribution in [0.15, 0.2) is 48.8 Å². The summed E-state index contributed by atoms with van der Waals surface area (Å²) < 4.78 is 2.22. The number of hydrogen-bond donors (Lipinski definition) is 0. The number of halogens is 1. The van der Waals surface area contributed by atoms with E-state index in [-0.39, 0.29) is 5.38 Å². The Labute approximate surface area is 123 Å². The smallest absolute Gasteiger partial charge is 0.127 e. The first kappa shape index (κ1) is 13.1. The van der Waals surface area contributed by atoms with Crippen LogP contribution in [-0.2, 0) is 13.0 Å². The summed E-state index contributed by atoms with van der Waals surface area (Å²) in [6.07, 6.45) is 4.60. The van der Waals surface area contributed by atoms with Gasteiger partial charge in [0.1, 0.15) is 5.82 Å². The van der Waals surface area contributed by atoms with Crippen molar-refractivity contribution >= 4 is 22.6 Å². The Morgan fingerprint density at radius 1 is 1.15 bits per heavy atom. The maximum absolute atomic E-state index is 6.27. The molecule has 3 aromatic rings. The molecule has 3 rings (SSSR count). The Morgan fingerprint density at radius 3 is 2.65 bits per heavy atom. The van der Waals surface area contributed by atoms with Crippen LogP contribution in [0.5, 0.6) is 0 Å². The molecule has 0 aliphatic carbocycles. The second-order valence-electron chi connectivity index (χ2n) is 4.83.